The predicted octanol–water partition coefficient (Wildman–Crippen LogP) is 1.82. The van der Waals surface area contributed by atoms with E-state index in [1.165, 1.54) is 6.33 Å². The van der Waals surface area contributed by atoms with Gasteiger partial charge in [0, 0.05) is 6.54 Å². The molecule has 0 bridgehead atoms. The lowest BCUT2D eigenvalue weighted by Gasteiger charge is -1.99. The van der Waals surface area contributed by atoms with Gasteiger partial charge in [-0.15, -0.1) is 5.11 Å². The molecule has 0 aromatic carbocycles. The van der Waals surface area contributed by atoms with Gasteiger partial charge in [-0.1, -0.05) is 6.92 Å². The van der Waals surface area contributed by atoms with E-state index >= 15 is 0 Å². The molecule has 2 aromatic rings. The van der Waals surface area contributed by atoms with Gasteiger partial charge in [0.2, 0.25) is 5.82 Å². The molecule has 0 saturated carbocycles. The molecule has 15 heavy (non-hydrogen) atoms. The zero-order valence-electron chi connectivity index (χ0n) is 8.16. The van der Waals surface area contributed by atoms with Gasteiger partial charge in [-0.05, 0) is 6.42 Å². The molecule has 2 rings (SSSR count). The normalized spacial score (nSPS) is 11.5. The third-order valence-corrected chi connectivity index (χ3v) is 1.98. The maximum atomic E-state index is 10.0. The monoisotopic (exact) mass is 205 g/mol. The van der Waals surface area contributed by atoms with Crippen LogP contribution in [0.25, 0.3) is 11.2 Å². The largest absolute Gasteiger partial charge is 0.775 e. The summed E-state index contributed by atoms with van der Waals surface area (Å²) in [6, 6.07) is 0. The van der Waals surface area contributed by atoms with Gasteiger partial charge in [0.05, 0.1) is 6.33 Å². The van der Waals surface area contributed by atoms with E-state index in [1.807, 2.05) is 4.57 Å². The highest BCUT2D eigenvalue weighted by Crippen LogP contribution is 2.20. The van der Waals surface area contributed by atoms with Gasteiger partial charge >= 0.3 is 0 Å². The fourth-order valence-electron chi connectivity index (χ4n) is 1.38. The van der Waals surface area contributed by atoms with Crippen molar-refractivity contribution in [2.45, 2.75) is 19.9 Å². The summed E-state index contributed by atoms with van der Waals surface area (Å²) in [6.45, 7) is 2.88. The quantitative estimate of drug-likeness (QED) is 0.564. The number of imidazole rings is 1. The van der Waals surface area contributed by atoms with Crippen LogP contribution in [0.4, 0.5) is 5.82 Å². The smallest absolute Gasteiger partial charge is 0.204 e. The molecular formula is C8H9N6O-. The molecule has 0 unspecified atom stereocenters. The van der Waals surface area contributed by atoms with Crippen molar-refractivity contribution in [2.75, 3.05) is 0 Å². The second-order valence-corrected chi connectivity index (χ2v) is 2.99. The van der Waals surface area contributed by atoms with Crippen LogP contribution < -0.4 is 0 Å². The van der Waals surface area contributed by atoms with Gasteiger partial charge in [-0.2, -0.15) is 0 Å². The van der Waals surface area contributed by atoms with Crippen molar-refractivity contribution in [3.8, 4) is 0 Å². The molecule has 0 amide bonds. The third kappa shape index (κ3) is 1.63. The van der Waals surface area contributed by atoms with E-state index < -0.39 is 0 Å². The molecule has 78 valence electrons. The minimum Gasteiger partial charge on any atom is -0.775 e. The van der Waals surface area contributed by atoms with Gasteiger partial charge in [0.1, 0.15) is 6.33 Å². The summed E-state index contributed by atoms with van der Waals surface area (Å²) >= 11 is 0. The van der Waals surface area contributed by atoms with E-state index in [-0.39, 0.29) is 5.82 Å². The number of aryl methyl sites for hydroxylation is 1. The number of aromatic nitrogens is 4. The topological polar surface area (TPSA) is 91.4 Å². The summed E-state index contributed by atoms with van der Waals surface area (Å²) in [4.78, 5) is 12.0. The number of fused-ring (bicyclic) bond motifs is 1. The van der Waals surface area contributed by atoms with Crippen molar-refractivity contribution >= 4 is 17.0 Å². The number of rotatable bonds is 3. The Kier molecular flexibility index (Phi) is 2.53. The summed E-state index contributed by atoms with van der Waals surface area (Å²) in [5.74, 6) is 0.213. The number of nitrogens with zero attached hydrogens (tertiary/aromatic N) is 6. The molecule has 7 nitrogen and oxygen atoms in total. The van der Waals surface area contributed by atoms with Crippen LogP contribution in [0.3, 0.4) is 0 Å². The second-order valence-electron chi connectivity index (χ2n) is 2.99. The Labute approximate surface area is 85.5 Å². The van der Waals surface area contributed by atoms with Gasteiger partial charge in [-0.3, -0.25) is 0 Å². The second kappa shape index (κ2) is 3.99. The van der Waals surface area contributed by atoms with Crippen LogP contribution in [0, 0.1) is 5.21 Å². The first-order valence-corrected chi connectivity index (χ1v) is 4.56. The minimum absolute atomic E-state index is 0.213. The fraction of sp³-hybridized carbons (Fsp3) is 0.375. The molecule has 0 aliphatic carbocycles. The van der Waals surface area contributed by atoms with Gasteiger partial charge < -0.3 is 9.77 Å². The molecular weight excluding hydrogens is 196 g/mol. The Hall–Kier alpha value is -2.05. The molecule has 2 aromatic heterocycles. The average molecular weight is 205 g/mol. The fourth-order valence-corrected chi connectivity index (χ4v) is 1.38. The third-order valence-electron chi connectivity index (χ3n) is 1.98. The van der Waals surface area contributed by atoms with Crippen molar-refractivity contribution in [2.24, 2.45) is 10.4 Å². The van der Waals surface area contributed by atoms with Crippen LogP contribution >= 0.6 is 0 Å². The van der Waals surface area contributed by atoms with E-state index in [1.54, 1.807) is 6.33 Å². The lowest BCUT2D eigenvalue weighted by atomic mass is 10.4. The van der Waals surface area contributed by atoms with E-state index in [9.17, 15) is 5.21 Å². The standard InChI is InChI=1S/C8H10N6O/c1-2-3-14-5-11-6-7(12-13-15)9-4-10-8(6)14/h4-5H,2-3H2,1H3,(H,9,10,12,15)/p-1. The summed E-state index contributed by atoms with van der Waals surface area (Å²) in [7, 11) is 0. The maximum Gasteiger partial charge on any atom is 0.204 e. The Morgan fingerprint density at radius 1 is 1.40 bits per heavy atom. The predicted molar refractivity (Wildman–Crippen MR) is 53.5 cm³/mol. The molecule has 0 saturated heterocycles. The van der Waals surface area contributed by atoms with Crippen LogP contribution in [0.5, 0.6) is 0 Å². The SMILES string of the molecule is CCCn1cnc2c(/N=N/[O-])ncnc21. The van der Waals surface area contributed by atoms with E-state index in [2.05, 4.69) is 32.3 Å². The lowest BCUT2D eigenvalue weighted by molar-refractivity contribution is 0.691. The zero-order valence-corrected chi connectivity index (χ0v) is 8.16. The van der Waals surface area contributed by atoms with E-state index in [0.29, 0.717) is 11.2 Å². The summed E-state index contributed by atoms with van der Waals surface area (Å²) in [5.41, 5.74) is 1.18. The van der Waals surface area contributed by atoms with Gasteiger partial charge in [0.15, 0.2) is 11.2 Å². The van der Waals surface area contributed by atoms with Crippen LogP contribution in [0.15, 0.2) is 23.0 Å². The Morgan fingerprint density at radius 3 is 3.00 bits per heavy atom. The van der Waals surface area contributed by atoms with Crippen molar-refractivity contribution in [1.29, 1.82) is 0 Å². The molecule has 0 aliphatic heterocycles. The van der Waals surface area contributed by atoms with Gasteiger partial charge in [0.25, 0.3) is 0 Å². The first kappa shape index (κ1) is 9.50. The minimum atomic E-state index is 0.213. The summed E-state index contributed by atoms with van der Waals surface area (Å²) in [5, 5.41) is 15.8. The van der Waals surface area contributed by atoms with Crippen LogP contribution in [0.2, 0.25) is 0 Å². The van der Waals surface area contributed by atoms with Crippen molar-refractivity contribution < 1.29 is 0 Å². The molecule has 0 atom stereocenters. The summed E-state index contributed by atoms with van der Waals surface area (Å²) in [6.07, 6.45) is 3.99. The summed E-state index contributed by atoms with van der Waals surface area (Å²) < 4.78 is 1.89. The number of hydrogen-bond acceptors (Lipinski definition) is 6. The average Bonchev–Trinajstić information content (AvgIpc) is 2.64. The molecule has 0 fully saturated rings. The van der Waals surface area contributed by atoms with Crippen molar-refractivity contribution in [1.82, 2.24) is 19.5 Å². The first-order chi connectivity index (χ1) is 7.36. The van der Waals surface area contributed by atoms with Crippen LogP contribution in [-0.2, 0) is 6.54 Å². The Balaban J connectivity index is 2.58. The highest BCUT2D eigenvalue weighted by molar-refractivity contribution is 5.80. The first-order valence-electron chi connectivity index (χ1n) is 4.56. The van der Waals surface area contributed by atoms with E-state index in [4.69, 9.17) is 0 Å². The van der Waals surface area contributed by atoms with Crippen LogP contribution in [0.1, 0.15) is 13.3 Å². The maximum absolute atomic E-state index is 10.0. The highest BCUT2D eigenvalue weighted by atomic mass is 16.5. The molecule has 0 N–H and O–H groups in total. The molecule has 0 radical (unpaired) electrons. The molecule has 7 heteroatoms. The Morgan fingerprint density at radius 2 is 2.27 bits per heavy atom. The molecule has 0 spiro atoms. The van der Waals surface area contributed by atoms with Crippen LogP contribution in [-0.4, -0.2) is 19.5 Å². The van der Waals surface area contributed by atoms with E-state index in [0.717, 1.165) is 13.0 Å². The molecule has 2 heterocycles. The van der Waals surface area contributed by atoms with Gasteiger partial charge in [-0.25, -0.2) is 20.2 Å². The van der Waals surface area contributed by atoms with Crippen molar-refractivity contribution in [3.63, 3.8) is 0 Å². The highest BCUT2D eigenvalue weighted by Gasteiger charge is 2.08. The lowest BCUT2D eigenvalue weighted by Crippen LogP contribution is -1.95. The zero-order chi connectivity index (χ0) is 10.7. The number of hydrogen-bond donors (Lipinski definition) is 0. The van der Waals surface area contributed by atoms with Crippen molar-refractivity contribution in [3.05, 3.63) is 17.9 Å². The molecule has 0 aliphatic rings. The Bertz CT molecular complexity index is 491.